The molecule has 0 atom stereocenters. The zero-order valence-corrected chi connectivity index (χ0v) is 70.9. The van der Waals surface area contributed by atoms with Crippen molar-refractivity contribution in [1.82, 2.24) is 29.9 Å². The second-order valence-corrected chi connectivity index (χ2v) is 32.4. The first-order valence-electron chi connectivity index (χ1n) is 39.9. The van der Waals surface area contributed by atoms with Gasteiger partial charge < -0.3 is 64.2 Å². The molecule has 4 amide bonds. The number of anilines is 4. The van der Waals surface area contributed by atoms with Gasteiger partial charge in [-0.15, -0.1) is 11.8 Å². The summed E-state index contributed by atoms with van der Waals surface area (Å²) in [5.74, 6) is 2.08. The maximum absolute atomic E-state index is 13.1. The molecule has 0 saturated carbocycles. The van der Waals surface area contributed by atoms with E-state index in [0.29, 0.717) is 116 Å². The molecule has 9 aromatic rings. The van der Waals surface area contributed by atoms with Crippen molar-refractivity contribution in [3.8, 4) is 17.2 Å². The Labute approximate surface area is 705 Å². The number of carbonyl (C=O) groups is 4. The number of benzene rings is 8. The van der Waals surface area contributed by atoms with E-state index >= 15 is 0 Å². The second kappa shape index (κ2) is 48.2. The Bertz CT molecular complexity index is 4820. The lowest BCUT2D eigenvalue weighted by Gasteiger charge is -2.38. The van der Waals surface area contributed by atoms with Crippen molar-refractivity contribution < 1.29 is 73.6 Å². The minimum absolute atomic E-state index is 0.000965. The maximum Gasteiger partial charge on any atom is 0.417 e. The first-order chi connectivity index (χ1) is 57.6. The lowest BCUT2D eigenvalue weighted by Crippen LogP contribution is -2.47. The standard InChI is InChI=1S/C29H33F4N5O.C23H28N2O2S.C21H27FN2O3.C19H22FNO4S/c1-35(25-12-10-24(30)11-13-25)15-5-8-28(39)36(2)21-22-6-3-4-7-26(22)37-16-18-38(19-17-37)27-14-9-23(20-34-27)29(31,32)33;1-25(23(27)7-4-16-28-21-10-8-20(26)9-11-21)17-19-5-2-3-6-22(19)18-12-14-24-15-13-18;1-23(16-17-6-3-4-7-20(17)27-2)21(26)8-5-13-24(14-15-25)19-11-9-18(22)10-12-19;1-21(14-15-6-3-4-7-18(15)25-2)19(22)8-5-13-26(23,24)17-11-9-16(20)10-12-17/h3-4,6-7,9-14,20H,5,8,15-19,21H2,1-2H3;2-3,5-6,8-12,24,26H,4,7,13-17H2,1H3;3-4,6-7,9-12,25H,5,8,13-16H2,1-2H3;3-4,6-7,9-12H,5,8,13-14H2,1-2H3. The molecular formula is C92H110F6N10O10S2. The molecule has 0 radical (unpaired) electrons. The van der Waals surface area contributed by atoms with Crippen LogP contribution in [0.15, 0.2) is 228 Å². The number of methoxy groups -OCH3 is 2. The Hall–Kier alpha value is -11.1. The molecule has 1 fully saturated rings. The number of thioether (sulfide) groups is 1. The van der Waals surface area contributed by atoms with Crippen LogP contribution in [0, 0.1) is 17.5 Å². The van der Waals surface area contributed by atoms with Crippen LogP contribution in [0.1, 0.15) is 91.2 Å². The minimum atomic E-state index is -4.40. The van der Waals surface area contributed by atoms with E-state index in [1.165, 1.54) is 59.2 Å². The van der Waals surface area contributed by atoms with Crippen LogP contribution in [0.5, 0.6) is 17.2 Å². The van der Waals surface area contributed by atoms with Crippen LogP contribution >= 0.6 is 11.8 Å². The zero-order valence-electron chi connectivity index (χ0n) is 69.2. The number of carbonyl (C=O) groups excluding carboxylic acids is 4. The first kappa shape index (κ1) is 94.4. The molecule has 28 heteroatoms. The van der Waals surface area contributed by atoms with Crippen molar-refractivity contribution in [2.45, 2.75) is 99.9 Å². The topological polar surface area (TPSA) is 212 Å². The van der Waals surface area contributed by atoms with Crippen molar-refractivity contribution >= 4 is 73.7 Å². The van der Waals surface area contributed by atoms with E-state index in [1.807, 2.05) is 125 Å². The summed E-state index contributed by atoms with van der Waals surface area (Å²) in [7, 11) is 8.73. The van der Waals surface area contributed by atoms with Crippen molar-refractivity contribution in [3.63, 3.8) is 0 Å². The third-order valence-electron chi connectivity index (χ3n) is 20.3. The van der Waals surface area contributed by atoms with E-state index in [2.05, 4.69) is 39.5 Å². The van der Waals surface area contributed by atoms with E-state index in [0.717, 1.165) is 100 Å². The van der Waals surface area contributed by atoms with Crippen molar-refractivity contribution in [2.75, 3.05) is 146 Å². The summed E-state index contributed by atoms with van der Waals surface area (Å²) in [5, 5.41) is 21.9. The maximum atomic E-state index is 13.1. The van der Waals surface area contributed by atoms with E-state index in [9.17, 15) is 64.2 Å². The highest BCUT2D eigenvalue weighted by Gasteiger charge is 2.32. The lowest BCUT2D eigenvalue weighted by molar-refractivity contribution is -0.138. The number of amides is 4. The number of nitrogens with one attached hydrogen (secondary N) is 1. The Kier molecular flexibility index (Phi) is 38.0. The van der Waals surface area contributed by atoms with Crippen LogP contribution in [0.4, 0.5) is 49.2 Å². The second-order valence-electron chi connectivity index (χ2n) is 29.1. The molecule has 0 aliphatic carbocycles. The molecule has 20 nitrogen and oxygen atoms in total. The molecular weight excluding hydrogens is 1580 g/mol. The average Bonchev–Trinajstić information content (AvgIpc) is 0.812. The number of aliphatic hydroxyl groups is 1. The number of hydrogen-bond donors (Lipinski definition) is 3. The van der Waals surface area contributed by atoms with Gasteiger partial charge in [-0.2, -0.15) is 13.2 Å². The van der Waals surface area contributed by atoms with E-state index in [4.69, 9.17) is 9.47 Å². The number of phenolic OH excluding ortho intramolecular Hbond substituents is 1. The summed E-state index contributed by atoms with van der Waals surface area (Å²) in [4.78, 5) is 70.3. The summed E-state index contributed by atoms with van der Waals surface area (Å²) in [5.41, 5.74) is 8.77. The molecule has 1 aromatic heterocycles. The fraction of sp³-hybridized carbons (Fsp3) is 0.359. The van der Waals surface area contributed by atoms with Crippen molar-refractivity contribution in [2.24, 2.45) is 0 Å². The van der Waals surface area contributed by atoms with Crippen LogP contribution in [0.3, 0.4) is 0 Å². The van der Waals surface area contributed by atoms with Gasteiger partial charge in [0.05, 0.1) is 37.0 Å². The monoisotopic (exact) mass is 1690 g/mol. The van der Waals surface area contributed by atoms with Gasteiger partial charge in [0.1, 0.15) is 40.5 Å². The number of aromatic hydroxyl groups is 1. The fourth-order valence-corrected chi connectivity index (χ4v) is 15.7. The van der Waals surface area contributed by atoms with E-state index < -0.39 is 27.4 Å². The van der Waals surface area contributed by atoms with Crippen LogP contribution in [0.2, 0.25) is 0 Å². The largest absolute Gasteiger partial charge is 0.508 e. The van der Waals surface area contributed by atoms with E-state index in [-0.39, 0.29) is 71.1 Å². The molecule has 3 heterocycles. The summed E-state index contributed by atoms with van der Waals surface area (Å²) in [6.45, 7) is 8.27. The molecule has 120 heavy (non-hydrogen) atoms. The van der Waals surface area contributed by atoms with Crippen LogP contribution in [0.25, 0.3) is 5.57 Å². The number of pyridine rings is 1. The Morgan fingerprint density at radius 2 is 0.992 bits per heavy atom. The molecule has 2 aliphatic rings. The number of rotatable bonds is 35. The van der Waals surface area contributed by atoms with Gasteiger partial charge in [-0.25, -0.2) is 26.6 Å². The van der Waals surface area contributed by atoms with Gasteiger partial charge in [0.15, 0.2) is 9.84 Å². The third kappa shape index (κ3) is 30.6. The molecule has 1 saturated heterocycles. The predicted octanol–water partition coefficient (Wildman–Crippen LogP) is 15.9. The van der Waals surface area contributed by atoms with Crippen molar-refractivity contribution in [3.05, 3.63) is 269 Å². The zero-order chi connectivity index (χ0) is 86.6. The number of phenols is 1. The quantitative estimate of drug-likeness (QED) is 0.0146. The molecule has 3 N–H and O–H groups in total. The Morgan fingerprint density at radius 1 is 0.525 bits per heavy atom. The lowest BCUT2D eigenvalue weighted by atomic mass is 9.95. The SMILES string of the molecule is CN(Cc1ccccc1C1=CCNCC1)C(=O)CCCSc1ccc(O)cc1.CN(Cc1ccccc1N1CCN(c2ccc(C(F)(F)F)cn2)CC1)C(=O)CCCN(C)c1ccc(F)cc1.COc1ccccc1CN(C)C(=O)CCCN(CCO)c1ccc(F)cc1.COc1ccccc1CN(C)C(=O)CCCS(=O)(=O)c1ccc(F)cc1. The van der Waals surface area contributed by atoms with Crippen molar-refractivity contribution in [1.29, 1.82) is 0 Å². The van der Waals surface area contributed by atoms with Gasteiger partial charge in [0.2, 0.25) is 23.6 Å². The Balaban J connectivity index is 0.000000202. The number of nitrogens with zero attached hydrogens (tertiary/aromatic N) is 9. The first-order valence-corrected chi connectivity index (χ1v) is 42.5. The van der Waals surface area contributed by atoms with E-state index in [1.54, 1.807) is 98.2 Å². The number of halogens is 6. The fourth-order valence-electron chi connectivity index (χ4n) is 13.5. The number of piperazine rings is 1. The molecule has 11 rings (SSSR count). The van der Waals surface area contributed by atoms with Crippen LogP contribution < -0.4 is 34.4 Å². The molecule has 642 valence electrons. The van der Waals surface area contributed by atoms with Gasteiger partial charge in [-0.05, 0) is 194 Å². The van der Waals surface area contributed by atoms with Gasteiger partial charge >= 0.3 is 6.18 Å². The van der Waals surface area contributed by atoms with Gasteiger partial charge in [-0.3, -0.25) is 19.2 Å². The number of hydrogen-bond acceptors (Lipinski definition) is 17. The number of alkyl halides is 3. The summed E-state index contributed by atoms with van der Waals surface area (Å²) in [6.07, 6.45) is 3.61. The van der Waals surface area contributed by atoms with Crippen LogP contribution in [-0.2, 0) is 61.4 Å². The van der Waals surface area contributed by atoms with Gasteiger partial charge in [0, 0.05) is 179 Å². The van der Waals surface area contributed by atoms with Gasteiger partial charge in [-0.1, -0.05) is 84.9 Å². The summed E-state index contributed by atoms with van der Waals surface area (Å²) >= 11 is 1.71. The minimum Gasteiger partial charge on any atom is -0.508 e. The normalized spacial score (nSPS) is 12.5. The highest BCUT2D eigenvalue weighted by molar-refractivity contribution is 7.99. The summed E-state index contributed by atoms with van der Waals surface area (Å²) in [6, 6.07) is 58.3. The molecule has 0 unspecified atom stereocenters. The third-order valence-corrected chi connectivity index (χ3v) is 23.2. The molecule has 2 aliphatic heterocycles. The summed E-state index contributed by atoms with van der Waals surface area (Å²) < 4.78 is 113. The smallest absolute Gasteiger partial charge is 0.417 e. The molecule has 0 bridgehead atoms. The highest BCUT2D eigenvalue weighted by atomic mass is 32.2. The number of sulfone groups is 1. The average molecular weight is 1690 g/mol. The van der Waals surface area contributed by atoms with Crippen LogP contribution in [-0.4, -0.2) is 193 Å². The number of aromatic nitrogens is 1. The predicted molar refractivity (Wildman–Crippen MR) is 463 cm³/mol. The molecule has 8 aromatic carbocycles. The number of para-hydroxylation sites is 3. The number of aliphatic hydroxyl groups excluding tert-OH is 1. The Morgan fingerprint density at radius 3 is 1.51 bits per heavy atom. The molecule has 0 spiro atoms. The number of ether oxygens (including phenoxy) is 2. The van der Waals surface area contributed by atoms with Gasteiger partial charge in [0.25, 0.3) is 0 Å². The highest BCUT2D eigenvalue weighted by Crippen LogP contribution is 2.32.